The van der Waals surface area contributed by atoms with Crippen molar-refractivity contribution in [1.29, 1.82) is 0 Å². The van der Waals surface area contributed by atoms with Gasteiger partial charge < -0.3 is 26.6 Å². The summed E-state index contributed by atoms with van der Waals surface area (Å²) in [7, 11) is 0. The molecule has 6 N–H and O–H groups in total. The van der Waals surface area contributed by atoms with Crippen LogP contribution in [0.2, 0.25) is 0 Å². The van der Waals surface area contributed by atoms with E-state index in [9.17, 15) is 24.6 Å². The third kappa shape index (κ3) is 7.28. The monoisotopic (exact) mass is 323 g/mol. The summed E-state index contributed by atoms with van der Waals surface area (Å²) in [5.41, 5.74) is 5.81. The number of carboxylic acids is 1. The van der Waals surface area contributed by atoms with Crippen molar-refractivity contribution >= 4 is 17.8 Å². The van der Waals surface area contributed by atoms with Gasteiger partial charge in [0.2, 0.25) is 11.8 Å². The largest absolute Gasteiger partial charge is 0.508 e. The molecule has 126 valence electrons. The first-order chi connectivity index (χ1) is 10.9. The van der Waals surface area contributed by atoms with Crippen molar-refractivity contribution in [3.8, 4) is 5.75 Å². The maximum Gasteiger partial charge on any atom is 0.326 e. The minimum atomic E-state index is -1.14. The molecule has 0 radical (unpaired) electrons. The fourth-order valence-electron chi connectivity index (χ4n) is 1.88. The molecule has 0 spiro atoms. The highest BCUT2D eigenvalue weighted by molar-refractivity contribution is 5.83. The molecule has 0 aliphatic heterocycles. The summed E-state index contributed by atoms with van der Waals surface area (Å²) in [6, 6.07) is 5.05. The van der Waals surface area contributed by atoms with Gasteiger partial charge in [-0.25, -0.2) is 4.79 Å². The maximum atomic E-state index is 11.8. The van der Waals surface area contributed by atoms with Crippen LogP contribution in [0.4, 0.5) is 0 Å². The lowest BCUT2D eigenvalue weighted by Gasteiger charge is -2.15. The zero-order valence-corrected chi connectivity index (χ0v) is 12.6. The van der Waals surface area contributed by atoms with E-state index in [1.807, 2.05) is 0 Å². The number of aromatic hydroxyl groups is 1. The maximum absolute atomic E-state index is 11.8. The van der Waals surface area contributed by atoms with Crippen LogP contribution in [0.15, 0.2) is 24.3 Å². The summed E-state index contributed by atoms with van der Waals surface area (Å²) in [5.74, 6) is -1.76. The second-order valence-electron chi connectivity index (χ2n) is 4.99. The number of benzene rings is 1. The molecule has 2 amide bonds. The number of carbonyl (C=O) groups is 3. The summed E-state index contributed by atoms with van der Waals surface area (Å²) in [6.07, 6.45) is 0.610. The van der Waals surface area contributed by atoms with E-state index in [0.29, 0.717) is 18.5 Å². The highest BCUT2D eigenvalue weighted by Crippen LogP contribution is 2.11. The van der Waals surface area contributed by atoms with Crippen molar-refractivity contribution < 1.29 is 24.6 Å². The van der Waals surface area contributed by atoms with Crippen LogP contribution < -0.4 is 16.4 Å². The number of nitrogens with one attached hydrogen (secondary N) is 2. The summed E-state index contributed by atoms with van der Waals surface area (Å²) in [5, 5.41) is 23.3. The number of phenolic OH excluding ortho intramolecular Hbond substituents is 1. The van der Waals surface area contributed by atoms with Crippen molar-refractivity contribution in [2.45, 2.75) is 25.3 Å². The first-order valence-corrected chi connectivity index (χ1v) is 7.19. The summed E-state index contributed by atoms with van der Waals surface area (Å²) in [4.78, 5) is 33.9. The first kappa shape index (κ1) is 18.4. The van der Waals surface area contributed by atoms with Gasteiger partial charge in [0.05, 0.1) is 6.54 Å². The molecule has 23 heavy (non-hydrogen) atoms. The zero-order valence-electron chi connectivity index (χ0n) is 12.6. The number of nitrogens with two attached hydrogens (primary N) is 1. The normalized spacial score (nSPS) is 11.5. The minimum Gasteiger partial charge on any atom is -0.508 e. The molecule has 0 unspecified atom stereocenters. The van der Waals surface area contributed by atoms with Gasteiger partial charge in [-0.15, -0.1) is 0 Å². The standard InChI is InChI=1S/C15H21N3O5/c16-9-14(21)17-7-1-2-13(20)18-12(15(22)23)8-10-3-5-11(19)6-4-10/h3-6,12,19H,1-2,7-9,16H2,(H,17,21)(H,18,20)(H,22,23)/t12-/m1/s1. The Kier molecular flexibility index (Phi) is 7.55. The molecule has 1 aromatic carbocycles. The van der Waals surface area contributed by atoms with Gasteiger partial charge in [0.25, 0.3) is 0 Å². The van der Waals surface area contributed by atoms with Crippen molar-refractivity contribution in [3.63, 3.8) is 0 Å². The molecule has 8 heteroatoms. The Morgan fingerprint density at radius 3 is 2.35 bits per heavy atom. The van der Waals surface area contributed by atoms with Crippen LogP contribution in [0.1, 0.15) is 18.4 Å². The Morgan fingerprint density at radius 1 is 1.13 bits per heavy atom. The second kappa shape index (κ2) is 9.42. The highest BCUT2D eigenvalue weighted by Gasteiger charge is 2.20. The van der Waals surface area contributed by atoms with Gasteiger partial charge >= 0.3 is 5.97 Å². The number of carboxylic acid groups (broad SMARTS) is 1. The molecule has 1 atom stereocenters. The second-order valence-corrected chi connectivity index (χ2v) is 4.99. The van der Waals surface area contributed by atoms with Gasteiger partial charge in [-0.3, -0.25) is 9.59 Å². The fraction of sp³-hybridized carbons (Fsp3) is 0.400. The number of carbonyl (C=O) groups excluding carboxylic acids is 2. The average molecular weight is 323 g/mol. The summed E-state index contributed by atoms with van der Waals surface area (Å²) < 4.78 is 0. The predicted octanol–water partition coefficient (Wildman–Crippen LogP) is -0.641. The Labute approximate surface area is 133 Å². The molecular formula is C15H21N3O5. The molecule has 0 aliphatic carbocycles. The smallest absolute Gasteiger partial charge is 0.326 e. The molecule has 1 rings (SSSR count). The Hall–Kier alpha value is -2.61. The molecule has 0 heterocycles. The van der Waals surface area contributed by atoms with Crippen LogP contribution >= 0.6 is 0 Å². The van der Waals surface area contributed by atoms with Gasteiger partial charge in [-0.2, -0.15) is 0 Å². The van der Waals surface area contributed by atoms with Gasteiger partial charge in [0, 0.05) is 19.4 Å². The Bertz CT molecular complexity index is 545. The van der Waals surface area contributed by atoms with Gasteiger partial charge in [-0.05, 0) is 24.1 Å². The number of phenols is 1. The molecule has 0 saturated heterocycles. The van der Waals surface area contributed by atoms with E-state index in [-0.39, 0.29) is 31.0 Å². The van der Waals surface area contributed by atoms with Crippen LogP contribution in [0.25, 0.3) is 0 Å². The van der Waals surface area contributed by atoms with Crippen LogP contribution in [-0.2, 0) is 20.8 Å². The lowest BCUT2D eigenvalue weighted by molar-refractivity contribution is -0.141. The van der Waals surface area contributed by atoms with Crippen LogP contribution in [0.3, 0.4) is 0 Å². The van der Waals surface area contributed by atoms with E-state index < -0.39 is 17.9 Å². The Morgan fingerprint density at radius 2 is 1.78 bits per heavy atom. The van der Waals surface area contributed by atoms with Crippen molar-refractivity contribution in [3.05, 3.63) is 29.8 Å². The average Bonchev–Trinajstić information content (AvgIpc) is 2.52. The highest BCUT2D eigenvalue weighted by atomic mass is 16.4. The van der Waals surface area contributed by atoms with E-state index in [4.69, 9.17) is 5.73 Å². The molecule has 1 aromatic rings. The van der Waals surface area contributed by atoms with E-state index in [1.165, 1.54) is 12.1 Å². The van der Waals surface area contributed by atoms with Gasteiger partial charge in [-0.1, -0.05) is 12.1 Å². The molecule has 0 saturated carbocycles. The molecule has 0 bridgehead atoms. The minimum absolute atomic E-state index is 0.0872. The van der Waals surface area contributed by atoms with Crippen molar-refractivity contribution in [1.82, 2.24) is 10.6 Å². The summed E-state index contributed by atoms with van der Waals surface area (Å²) in [6.45, 7) is 0.194. The lowest BCUT2D eigenvalue weighted by Crippen LogP contribution is -2.42. The number of hydrogen-bond donors (Lipinski definition) is 5. The predicted molar refractivity (Wildman–Crippen MR) is 82.7 cm³/mol. The van der Waals surface area contributed by atoms with Gasteiger partial charge in [0.15, 0.2) is 0 Å². The topological polar surface area (TPSA) is 142 Å². The van der Waals surface area contributed by atoms with E-state index in [1.54, 1.807) is 12.1 Å². The van der Waals surface area contributed by atoms with Crippen molar-refractivity contribution in [2.75, 3.05) is 13.1 Å². The quantitative estimate of drug-likeness (QED) is 0.383. The van der Waals surface area contributed by atoms with Gasteiger partial charge in [0.1, 0.15) is 11.8 Å². The molecule has 0 aliphatic rings. The molecule has 0 aromatic heterocycles. The third-order valence-electron chi connectivity index (χ3n) is 3.10. The number of amides is 2. The Balaban J connectivity index is 2.43. The van der Waals surface area contributed by atoms with Crippen LogP contribution in [0, 0.1) is 0 Å². The van der Waals surface area contributed by atoms with Crippen LogP contribution in [-0.4, -0.2) is 47.1 Å². The fourth-order valence-corrected chi connectivity index (χ4v) is 1.88. The first-order valence-electron chi connectivity index (χ1n) is 7.19. The van der Waals surface area contributed by atoms with Crippen molar-refractivity contribution in [2.24, 2.45) is 5.73 Å². The zero-order chi connectivity index (χ0) is 17.2. The summed E-state index contributed by atoms with van der Waals surface area (Å²) >= 11 is 0. The number of aliphatic carboxylic acids is 1. The molecular weight excluding hydrogens is 302 g/mol. The number of hydrogen-bond acceptors (Lipinski definition) is 5. The molecule has 0 fully saturated rings. The van der Waals surface area contributed by atoms with E-state index in [0.717, 1.165) is 0 Å². The van der Waals surface area contributed by atoms with E-state index in [2.05, 4.69) is 10.6 Å². The SMILES string of the molecule is NCC(=O)NCCCC(=O)N[C@H](Cc1ccc(O)cc1)C(=O)O. The third-order valence-corrected chi connectivity index (χ3v) is 3.10. The lowest BCUT2D eigenvalue weighted by atomic mass is 10.1. The van der Waals surface area contributed by atoms with Crippen LogP contribution in [0.5, 0.6) is 5.75 Å². The molecule has 8 nitrogen and oxygen atoms in total. The number of rotatable bonds is 9. The van der Waals surface area contributed by atoms with E-state index >= 15 is 0 Å².